The molecule has 0 amide bonds. The Kier molecular flexibility index (Phi) is 7.41. The molecule has 2 aromatic heterocycles. The van der Waals surface area contributed by atoms with Crippen molar-refractivity contribution in [2.24, 2.45) is 0 Å². The molecule has 29 heavy (non-hydrogen) atoms. The van der Waals surface area contributed by atoms with Crippen molar-refractivity contribution in [1.82, 2.24) is 9.55 Å². The second-order valence-corrected chi connectivity index (χ2v) is 7.62. The summed E-state index contributed by atoms with van der Waals surface area (Å²) in [4.78, 5) is 30.1. The van der Waals surface area contributed by atoms with Gasteiger partial charge in [-0.05, 0) is 37.0 Å². The van der Waals surface area contributed by atoms with Crippen LogP contribution in [0.2, 0.25) is 0 Å². The van der Waals surface area contributed by atoms with E-state index in [1.165, 1.54) is 27.8 Å². The summed E-state index contributed by atoms with van der Waals surface area (Å²) in [5, 5.41) is 2.00. The minimum atomic E-state index is -0.458. The number of thiophene rings is 1. The Bertz CT molecular complexity index is 1010. The Labute approximate surface area is 174 Å². The second kappa shape index (κ2) is 10.2. The maximum absolute atomic E-state index is 12.9. The minimum Gasteiger partial charge on any atom is -0.494 e. The minimum absolute atomic E-state index is 0.217. The molecule has 0 bridgehead atoms. The van der Waals surface area contributed by atoms with Crippen LogP contribution in [0.1, 0.15) is 49.0 Å². The van der Waals surface area contributed by atoms with Gasteiger partial charge >= 0.3 is 5.97 Å². The molecule has 3 aromatic rings. The Hall–Kier alpha value is -2.67. The fraction of sp³-hybridized carbons (Fsp3) is 0.409. The average molecular weight is 415 g/mol. The lowest BCUT2D eigenvalue weighted by Gasteiger charge is -2.09. The summed E-state index contributed by atoms with van der Waals surface area (Å²) in [5.41, 5.74) is 1.36. The molecule has 0 N–H and O–H groups in total. The van der Waals surface area contributed by atoms with Gasteiger partial charge in [0.05, 0.1) is 30.5 Å². The lowest BCUT2D eigenvalue weighted by atomic mass is 10.2. The van der Waals surface area contributed by atoms with Crippen LogP contribution in [0, 0.1) is 0 Å². The van der Waals surface area contributed by atoms with E-state index < -0.39 is 5.97 Å². The van der Waals surface area contributed by atoms with Gasteiger partial charge in [-0.15, -0.1) is 11.3 Å². The highest BCUT2D eigenvalue weighted by atomic mass is 32.1. The zero-order valence-corrected chi connectivity index (χ0v) is 17.7. The number of ether oxygens (including phenoxy) is 2. The van der Waals surface area contributed by atoms with Gasteiger partial charge in [0, 0.05) is 11.9 Å². The SMILES string of the molecule is CCCCOC(=O)c1csc2ncn(CCCOc3ccc(CC)cc3)c(=O)c12. The highest BCUT2D eigenvalue weighted by molar-refractivity contribution is 7.17. The fourth-order valence-electron chi connectivity index (χ4n) is 2.91. The van der Waals surface area contributed by atoms with E-state index in [4.69, 9.17) is 9.47 Å². The topological polar surface area (TPSA) is 70.4 Å². The number of esters is 1. The summed E-state index contributed by atoms with van der Waals surface area (Å²) in [5.74, 6) is 0.360. The molecule has 0 aliphatic heterocycles. The van der Waals surface area contributed by atoms with Gasteiger partial charge in [-0.3, -0.25) is 9.36 Å². The zero-order chi connectivity index (χ0) is 20.6. The normalized spacial score (nSPS) is 11.0. The zero-order valence-electron chi connectivity index (χ0n) is 16.8. The summed E-state index contributed by atoms with van der Waals surface area (Å²) < 4.78 is 12.5. The van der Waals surface area contributed by atoms with Crippen LogP contribution in [-0.4, -0.2) is 28.7 Å². The first kappa shape index (κ1) is 21.0. The number of aryl methyl sites for hydroxylation is 2. The number of fused-ring (bicyclic) bond motifs is 1. The van der Waals surface area contributed by atoms with Crippen LogP contribution in [0.4, 0.5) is 0 Å². The highest BCUT2D eigenvalue weighted by Crippen LogP contribution is 2.21. The fourth-order valence-corrected chi connectivity index (χ4v) is 3.78. The molecule has 2 heterocycles. The molecular weight excluding hydrogens is 388 g/mol. The van der Waals surface area contributed by atoms with Gasteiger partial charge in [-0.1, -0.05) is 32.4 Å². The van der Waals surface area contributed by atoms with Crippen LogP contribution in [0.25, 0.3) is 10.2 Å². The first-order chi connectivity index (χ1) is 14.1. The molecule has 1 aromatic carbocycles. The lowest BCUT2D eigenvalue weighted by molar-refractivity contribution is 0.0502. The van der Waals surface area contributed by atoms with E-state index >= 15 is 0 Å². The molecule has 0 spiro atoms. The monoisotopic (exact) mass is 414 g/mol. The van der Waals surface area contributed by atoms with Gasteiger partial charge in [-0.25, -0.2) is 9.78 Å². The van der Waals surface area contributed by atoms with E-state index in [1.807, 2.05) is 19.1 Å². The molecule has 154 valence electrons. The van der Waals surface area contributed by atoms with E-state index in [1.54, 1.807) is 5.38 Å². The number of rotatable bonds is 10. The molecule has 0 aliphatic rings. The largest absolute Gasteiger partial charge is 0.494 e. The van der Waals surface area contributed by atoms with Crippen LogP contribution in [0.5, 0.6) is 5.75 Å². The van der Waals surface area contributed by atoms with Crippen molar-refractivity contribution in [2.75, 3.05) is 13.2 Å². The summed E-state index contributed by atoms with van der Waals surface area (Å²) in [6.07, 6.45) is 4.93. The average Bonchev–Trinajstić information content (AvgIpc) is 3.18. The molecule has 0 atom stereocenters. The van der Waals surface area contributed by atoms with Gasteiger partial charge in [0.1, 0.15) is 10.6 Å². The van der Waals surface area contributed by atoms with E-state index in [2.05, 4.69) is 24.0 Å². The number of benzene rings is 1. The predicted octanol–water partition coefficient (Wildman–Crippen LogP) is 4.45. The third kappa shape index (κ3) is 5.23. The van der Waals surface area contributed by atoms with Crippen molar-refractivity contribution in [1.29, 1.82) is 0 Å². The number of aromatic nitrogens is 2. The Morgan fingerprint density at radius 3 is 2.66 bits per heavy atom. The third-order valence-electron chi connectivity index (χ3n) is 4.66. The van der Waals surface area contributed by atoms with Crippen LogP contribution in [0.15, 0.2) is 40.8 Å². The highest BCUT2D eigenvalue weighted by Gasteiger charge is 2.18. The van der Waals surface area contributed by atoms with Gasteiger partial charge in [0.2, 0.25) is 0 Å². The Morgan fingerprint density at radius 2 is 1.93 bits per heavy atom. The summed E-state index contributed by atoms with van der Waals surface area (Å²) in [7, 11) is 0. The Morgan fingerprint density at radius 1 is 1.14 bits per heavy atom. The van der Waals surface area contributed by atoms with Gasteiger partial charge in [-0.2, -0.15) is 0 Å². The number of unbranched alkanes of at least 4 members (excludes halogenated alkanes) is 1. The summed E-state index contributed by atoms with van der Waals surface area (Å²) in [6.45, 7) is 5.46. The maximum Gasteiger partial charge on any atom is 0.339 e. The molecule has 7 heteroatoms. The maximum atomic E-state index is 12.9. The van der Waals surface area contributed by atoms with Crippen molar-refractivity contribution in [3.8, 4) is 5.75 Å². The standard InChI is InChI=1S/C22H26N2O4S/c1-3-5-12-28-22(26)18-14-29-20-19(18)21(25)24(15-23-20)11-6-13-27-17-9-7-16(4-2)8-10-17/h7-10,14-15H,3-6,11-13H2,1-2H3. The van der Waals surface area contributed by atoms with Crippen molar-refractivity contribution in [2.45, 2.75) is 46.1 Å². The molecule has 0 fully saturated rings. The van der Waals surface area contributed by atoms with Crippen LogP contribution in [0.3, 0.4) is 0 Å². The molecule has 0 saturated carbocycles. The molecule has 3 rings (SSSR count). The lowest BCUT2D eigenvalue weighted by Crippen LogP contribution is -2.22. The van der Waals surface area contributed by atoms with E-state index in [9.17, 15) is 9.59 Å². The number of hydrogen-bond donors (Lipinski definition) is 0. The van der Waals surface area contributed by atoms with Crippen molar-refractivity contribution < 1.29 is 14.3 Å². The van der Waals surface area contributed by atoms with Gasteiger partial charge < -0.3 is 9.47 Å². The van der Waals surface area contributed by atoms with Crippen LogP contribution < -0.4 is 10.3 Å². The van der Waals surface area contributed by atoms with Crippen LogP contribution in [-0.2, 0) is 17.7 Å². The number of carbonyl (C=O) groups is 1. The van der Waals surface area contributed by atoms with Crippen LogP contribution >= 0.6 is 11.3 Å². The first-order valence-electron chi connectivity index (χ1n) is 9.99. The molecular formula is C22H26N2O4S. The van der Waals surface area contributed by atoms with Crippen molar-refractivity contribution in [3.05, 3.63) is 57.5 Å². The summed E-state index contributed by atoms with van der Waals surface area (Å²) >= 11 is 1.28. The van der Waals surface area contributed by atoms with Crippen molar-refractivity contribution in [3.63, 3.8) is 0 Å². The van der Waals surface area contributed by atoms with E-state index in [0.717, 1.165) is 25.0 Å². The number of nitrogens with zero attached hydrogens (tertiary/aromatic N) is 2. The summed E-state index contributed by atoms with van der Waals surface area (Å²) in [6, 6.07) is 8.02. The quantitative estimate of drug-likeness (QED) is 0.362. The Balaban J connectivity index is 1.63. The molecule has 0 radical (unpaired) electrons. The van der Waals surface area contributed by atoms with Gasteiger partial charge in [0.15, 0.2) is 0 Å². The molecule has 0 aliphatic carbocycles. The second-order valence-electron chi connectivity index (χ2n) is 6.76. The van der Waals surface area contributed by atoms with Gasteiger partial charge in [0.25, 0.3) is 5.56 Å². The van der Waals surface area contributed by atoms with E-state index in [-0.39, 0.29) is 5.56 Å². The number of hydrogen-bond acceptors (Lipinski definition) is 6. The van der Waals surface area contributed by atoms with Crippen molar-refractivity contribution >= 4 is 27.5 Å². The smallest absolute Gasteiger partial charge is 0.339 e. The third-order valence-corrected chi connectivity index (χ3v) is 5.54. The van der Waals surface area contributed by atoms with E-state index in [0.29, 0.717) is 42.0 Å². The number of carbonyl (C=O) groups excluding carboxylic acids is 1. The molecule has 6 nitrogen and oxygen atoms in total. The first-order valence-corrected chi connectivity index (χ1v) is 10.9. The molecule has 0 unspecified atom stereocenters. The predicted molar refractivity (Wildman–Crippen MR) is 115 cm³/mol. The molecule has 0 saturated heterocycles.